The van der Waals surface area contributed by atoms with E-state index in [0.717, 1.165) is 28.3 Å². The Morgan fingerprint density at radius 1 is 1.17 bits per heavy atom. The summed E-state index contributed by atoms with van der Waals surface area (Å²) in [4.78, 5) is 11.8. The quantitative estimate of drug-likeness (QED) is 0.891. The van der Waals surface area contributed by atoms with Gasteiger partial charge in [0.2, 0.25) is 4.87 Å². The molecular formula is C18H17N3OS. The minimum Gasteiger partial charge on any atom is -0.323 e. The zero-order chi connectivity index (χ0) is 16.0. The number of nitrogens with one attached hydrogen (secondary N) is 2. The van der Waals surface area contributed by atoms with Gasteiger partial charge in [-0.3, -0.25) is 10.2 Å². The van der Waals surface area contributed by atoms with Crippen molar-refractivity contribution in [2.75, 3.05) is 5.32 Å². The Labute approximate surface area is 139 Å². The molecule has 0 saturated carbocycles. The third-order valence-corrected chi connectivity index (χ3v) is 5.63. The Hall–Kier alpha value is -2.27. The molecule has 23 heavy (non-hydrogen) atoms. The number of hydrogen-bond acceptors (Lipinski definition) is 4. The SMILES string of the molecule is CCc1ccc2c(c1)[C@]1(NN=C(c3ccc(C)cc3)S1)C(=O)N2. The first-order chi connectivity index (χ1) is 11.1. The maximum absolute atomic E-state index is 12.6. The van der Waals surface area contributed by atoms with Crippen molar-refractivity contribution in [2.24, 2.45) is 5.10 Å². The summed E-state index contributed by atoms with van der Waals surface area (Å²) in [6.07, 6.45) is 0.938. The van der Waals surface area contributed by atoms with Crippen molar-refractivity contribution in [3.05, 3.63) is 64.7 Å². The second kappa shape index (κ2) is 5.13. The number of hydrazone groups is 1. The molecule has 1 spiro atoms. The van der Waals surface area contributed by atoms with Crippen LogP contribution in [0.3, 0.4) is 0 Å². The van der Waals surface area contributed by atoms with Gasteiger partial charge in [0.05, 0.1) is 0 Å². The van der Waals surface area contributed by atoms with Gasteiger partial charge >= 0.3 is 0 Å². The summed E-state index contributed by atoms with van der Waals surface area (Å²) in [7, 11) is 0. The van der Waals surface area contributed by atoms with Crippen molar-refractivity contribution < 1.29 is 4.79 Å². The van der Waals surface area contributed by atoms with Gasteiger partial charge in [0.15, 0.2) is 0 Å². The molecule has 4 rings (SSSR count). The molecule has 2 aliphatic rings. The number of aryl methyl sites for hydroxylation is 2. The number of benzene rings is 2. The zero-order valence-electron chi connectivity index (χ0n) is 13.0. The number of nitrogens with zero attached hydrogens (tertiary/aromatic N) is 1. The van der Waals surface area contributed by atoms with Crippen LogP contribution >= 0.6 is 11.8 Å². The second-order valence-corrected chi connectivity index (χ2v) is 7.07. The van der Waals surface area contributed by atoms with E-state index in [2.05, 4.69) is 54.0 Å². The normalized spacial score (nSPS) is 21.8. The Morgan fingerprint density at radius 2 is 1.96 bits per heavy atom. The van der Waals surface area contributed by atoms with Gasteiger partial charge < -0.3 is 5.32 Å². The minimum atomic E-state index is -0.846. The Kier molecular flexibility index (Phi) is 3.20. The number of amides is 1. The standard InChI is InChI=1S/C18H17N3OS/c1-3-12-6-9-15-14(10-12)18(17(22)19-15)21-20-16(23-18)13-7-4-11(2)5-8-13/h4-10,21H,3H2,1-2H3,(H,19,22)/t18-/m1/s1. The smallest absolute Gasteiger partial charge is 0.267 e. The molecule has 2 aliphatic heterocycles. The van der Waals surface area contributed by atoms with Crippen LogP contribution in [0.5, 0.6) is 0 Å². The van der Waals surface area contributed by atoms with Crippen LogP contribution in [0.2, 0.25) is 0 Å². The monoisotopic (exact) mass is 323 g/mol. The van der Waals surface area contributed by atoms with Crippen molar-refractivity contribution in [1.82, 2.24) is 5.43 Å². The lowest BCUT2D eigenvalue weighted by Crippen LogP contribution is -2.39. The molecule has 2 heterocycles. The predicted molar refractivity (Wildman–Crippen MR) is 94.6 cm³/mol. The van der Waals surface area contributed by atoms with Crippen LogP contribution in [0.25, 0.3) is 0 Å². The number of thioether (sulfide) groups is 1. The summed E-state index contributed by atoms with van der Waals surface area (Å²) in [5.74, 6) is -0.0587. The molecule has 0 unspecified atom stereocenters. The third kappa shape index (κ3) is 2.15. The minimum absolute atomic E-state index is 0.0587. The van der Waals surface area contributed by atoms with Crippen LogP contribution in [-0.2, 0) is 16.1 Å². The van der Waals surface area contributed by atoms with E-state index in [4.69, 9.17) is 0 Å². The molecule has 2 N–H and O–H groups in total. The van der Waals surface area contributed by atoms with E-state index in [0.29, 0.717) is 0 Å². The summed E-state index contributed by atoms with van der Waals surface area (Å²) < 4.78 is 0. The van der Waals surface area contributed by atoms with E-state index in [1.54, 1.807) is 0 Å². The first-order valence-corrected chi connectivity index (χ1v) is 8.50. The van der Waals surface area contributed by atoms with Crippen LogP contribution in [0.4, 0.5) is 5.69 Å². The van der Waals surface area contributed by atoms with Gasteiger partial charge in [-0.1, -0.05) is 54.6 Å². The zero-order valence-corrected chi connectivity index (χ0v) is 13.8. The average Bonchev–Trinajstić information content (AvgIpc) is 3.12. The summed E-state index contributed by atoms with van der Waals surface area (Å²) in [5.41, 5.74) is 8.37. The van der Waals surface area contributed by atoms with Crippen LogP contribution in [0, 0.1) is 6.92 Å². The molecule has 0 bridgehead atoms. The fourth-order valence-electron chi connectivity index (χ4n) is 2.90. The number of rotatable bonds is 2. The van der Waals surface area contributed by atoms with Gasteiger partial charge in [0.25, 0.3) is 5.91 Å². The van der Waals surface area contributed by atoms with Crippen LogP contribution in [0.1, 0.15) is 29.2 Å². The lowest BCUT2D eigenvalue weighted by Gasteiger charge is -2.20. The van der Waals surface area contributed by atoms with Crippen molar-refractivity contribution in [2.45, 2.75) is 25.1 Å². The molecule has 5 heteroatoms. The topological polar surface area (TPSA) is 53.5 Å². The molecule has 0 aromatic heterocycles. The maximum Gasteiger partial charge on any atom is 0.267 e. The number of carbonyl (C=O) groups is 1. The van der Waals surface area contributed by atoms with Gasteiger partial charge in [0.1, 0.15) is 5.04 Å². The highest BCUT2D eigenvalue weighted by atomic mass is 32.2. The fourth-order valence-corrected chi connectivity index (χ4v) is 4.05. The molecule has 0 fully saturated rings. The predicted octanol–water partition coefficient (Wildman–Crippen LogP) is 3.36. The van der Waals surface area contributed by atoms with E-state index in [1.807, 2.05) is 18.2 Å². The molecule has 1 amide bonds. The second-order valence-electron chi connectivity index (χ2n) is 5.87. The highest BCUT2D eigenvalue weighted by Gasteiger charge is 2.52. The van der Waals surface area contributed by atoms with Gasteiger partial charge in [-0.05, 0) is 31.0 Å². The van der Waals surface area contributed by atoms with E-state index in [-0.39, 0.29) is 5.91 Å². The third-order valence-electron chi connectivity index (χ3n) is 4.30. The van der Waals surface area contributed by atoms with Crippen molar-refractivity contribution >= 4 is 28.4 Å². The lowest BCUT2D eigenvalue weighted by atomic mass is 10.0. The van der Waals surface area contributed by atoms with Gasteiger partial charge in [-0.25, -0.2) is 0 Å². The summed E-state index contributed by atoms with van der Waals surface area (Å²) in [5, 5.41) is 8.25. The molecule has 1 atom stereocenters. The first kappa shape index (κ1) is 14.3. The fraction of sp³-hybridized carbons (Fsp3) is 0.222. The van der Waals surface area contributed by atoms with Gasteiger partial charge in [-0.2, -0.15) is 5.10 Å². The Bertz CT molecular complexity index is 829. The number of fused-ring (bicyclic) bond motifs is 2. The van der Waals surface area contributed by atoms with E-state index >= 15 is 0 Å². The van der Waals surface area contributed by atoms with Gasteiger partial charge in [-0.15, -0.1) is 0 Å². The molecule has 2 aromatic carbocycles. The van der Waals surface area contributed by atoms with E-state index in [1.165, 1.54) is 22.9 Å². The average molecular weight is 323 g/mol. The Balaban J connectivity index is 1.72. The van der Waals surface area contributed by atoms with Crippen LogP contribution in [-0.4, -0.2) is 11.0 Å². The summed E-state index contributed by atoms with van der Waals surface area (Å²) in [6.45, 7) is 4.17. The molecule has 0 aliphatic carbocycles. The highest BCUT2D eigenvalue weighted by molar-refractivity contribution is 8.16. The maximum atomic E-state index is 12.6. The summed E-state index contributed by atoms with van der Waals surface area (Å²) >= 11 is 1.48. The molecular weight excluding hydrogens is 306 g/mol. The number of anilines is 1. The van der Waals surface area contributed by atoms with E-state index < -0.39 is 4.87 Å². The summed E-state index contributed by atoms with van der Waals surface area (Å²) in [6, 6.07) is 14.3. The van der Waals surface area contributed by atoms with Crippen molar-refractivity contribution in [3.8, 4) is 0 Å². The molecule has 116 valence electrons. The van der Waals surface area contributed by atoms with Crippen LogP contribution in [0.15, 0.2) is 47.6 Å². The van der Waals surface area contributed by atoms with Crippen LogP contribution < -0.4 is 10.7 Å². The molecule has 0 radical (unpaired) electrons. The molecule has 2 aromatic rings. The lowest BCUT2D eigenvalue weighted by molar-refractivity contribution is -0.118. The van der Waals surface area contributed by atoms with Gasteiger partial charge in [0, 0.05) is 16.8 Å². The number of hydrogen-bond donors (Lipinski definition) is 2. The molecule has 0 saturated heterocycles. The van der Waals surface area contributed by atoms with Crippen molar-refractivity contribution in [1.29, 1.82) is 0 Å². The molecule has 4 nitrogen and oxygen atoms in total. The first-order valence-electron chi connectivity index (χ1n) is 7.68. The highest BCUT2D eigenvalue weighted by Crippen LogP contribution is 2.48. The van der Waals surface area contributed by atoms with E-state index in [9.17, 15) is 4.79 Å². The number of carbonyl (C=O) groups excluding carboxylic acids is 1. The largest absolute Gasteiger partial charge is 0.323 e. The Morgan fingerprint density at radius 3 is 2.70 bits per heavy atom. The van der Waals surface area contributed by atoms with Crippen molar-refractivity contribution in [3.63, 3.8) is 0 Å².